The SMILES string of the molecule is CCn1cc(CNC(=O)c2ccc(C)c(-c3cnc4c(c3)[nH]c(=O)n4C(C)(C)C)c2)cn1. The Morgan fingerprint density at radius 3 is 2.66 bits per heavy atom. The molecular formula is C24H28N6O2. The summed E-state index contributed by atoms with van der Waals surface area (Å²) in [5, 5.41) is 7.18. The van der Waals surface area contributed by atoms with Gasteiger partial charge in [0.1, 0.15) is 0 Å². The quantitative estimate of drug-likeness (QED) is 0.503. The highest BCUT2D eigenvalue weighted by Crippen LogP contribution is 2.27. The molecule has 3 aromatic heterocycles. The number of pyridine rings is 1. The smallest absolute Gasteiger partial charge is 0.328 e. The second-order valence-corrected chi connectivity index (χ2v) is 8.95. The van der Waals surface area contributed by atoms with Crippen molar-refractivity contribution in [3.8, 4) is 11.1 Å². The van der Waals surface area contributed by atoms with Crippen molar-refractivity contribution in [2.45, 2.75) is 53.2 Å². The van der Waals surface area contributed by atoms with E-state index in [2.05, 4.69) is 20.4 Å². The van der Waals surface area contributed by atoms with E-state index < -0.39 is 0 Å². The van der Waals surface area contributed by atoms with Crippen molar-refractivity contribution >= 4 is 17.1 Å². The zero-order valence-corrected chi connectivity index (χ0v) is 19.1. The van der Waals surface area contributed by atoms with Crippen LogP contribution in [0.5, 0.6) is 0 Å². The maximum Gasteiger partial charge on any atom is 0.328 e. The summed E-state index contributed by atoms with van der Waals surface area (Å²) in [4.78, 5) is 32.7. The van der Waals surface area contributed by atoms with E-state index >= 15 is 0 Å². The topological polar surface area (TPSA) is 97.6 Å². The Morgan fingerprint density at radius 2 is 1.97 bits per heavy atom. The molecule has 0 spiro atoms. The number of aryl methyl sites for hydroxylation is 2. The number of aromatic nitrogens is 5. The summed E-state index contributed by atoms with van der Waals surface area (Å²) in [6, 6.07) is 7.51. The van der Waals surface area contributed by atoms with Crippen molar-refractivity contribution in [1.82, 2.24) is 29.6 Å². The Hall–Kier alpha value is -3.68. The second-order valence-electron chi connectivity index (χ2n) is 8.95. The summed E-state index contributed by atoms with van der Waals surface area (Å²) in [6.07, 6.45) is 5.43. The zero-order valence-electron chi connectivity index (χ0n) is 19.1. The van der Waals surface area contributed by atoms with Crippen LogP contribution >= 0.6 is 0 Å². The Labute approximate surface area is 186 Å². The highest BCUT2D eigenvalue weighted by Gasteiger charge is 2.21. The maximum atomic E-state index is 12.8. The van der Waals surface area contributed by atoms with Gasteiger partial charge in [0.15, 0.2) is 5.65 Å². The van der Waals surface area contributed by atoms with Gasteiger partial charge in [0.05, 0.1) is 11.7 Å². The predicted molar refractivity (Wildman–Crippen MR) is 125 cm³/mol. The molecule has 4 rings (SSSR count). The Kier molecular flexibility index (Phi) is 5.46. The van der Waals surface area contributed by atoms with E-state index in [4.69, 9.17) is 0 Å². The summed E-state index contributed by atoms with van der Waals surface area (Å²) in [6.45, 7) is 11.1. The average molecular weight is 433 g/mol. The average Bonchev–Trinajstić information content (AvgIpc) is 3.34. The second kappa shape index (κ2) is 8.11. The molecule has 0 fully saturated rings. The number of rotatable bonds is 5. The lowest BCUT2D eigenvalue weighted by atomic mass is 9.99. The molecule has 0 atom stereocenters. The van der Waals surface area contributed by atoms with Gasteiger partial charge in [-0.2, -0.15) is 5.10 Å². The molecular weight excluding hydrogens is 404 g/mol. The lowest BCUT2D eigenvalue weighted by molar-refractivity contribution is 0.0951. The predicted octanol–water partition coefficient (Wildman–Crippen LogP) is 3.60. The van der Waals surface area contributed by atoms with E-state index in [9.17, 15) is 9.59 Å². The van der Waals surface area contributed by atoms with Gasteiger partial charge in [0.2, 0.25) is 0 Å². The fourth-order valence-corrected chi connectivity index (χ4v) is 3.79. The molecule has 32 heavy (non-hydrogen) atoms. The first-order chi connectivity index (χ1) is 15.2. The molecule has 0 bridgehead atoms. The van der Waals surface area contributed by atoms with Crippen molar-refractivity contribution in [3.63, 3.8) is 0 Å². The standard InChI is InChI=1S/C24H28N6O2/c1-6-29-14-16(12-27-29)11-26-22(31)17-8-7-15(2)19(9-17)18-10-20-21(25-13-18)30(23(32)28-20)24(3,4)5/h7-10,12-14H,6,11H2,1-5H3,(H,26,31)(H,28,32). The molecule has 0 aliphatic carbocycles. The molecule has 0 saturated heterocycles. The number of benzene rings is 1. The van der Waals surface area contributed by atoms with Crippen LogP contribution in [0.4, 0.5) is 0 Å². The molecule has 0 unspecified atom stereocenters. The van der Waals surface area contributed by atoms with E-state index in [0.29, 0.717) is 23.3 Å². The van der Waals surface area contributed by atoms with Crippen molar-refractivity contribution < 1.29 is 4.79 Å². The van der Waals surface area contributed by atoms with Crippen LogP contribution in [0.15, 0.2) is 47.7 Å². The molecule has 0 radical (unpaired) electrons. The monoisotopic (exact) mass is 432 g/mol. The Morgan fingerprint density at radius 1 is 1.19 bits per heavy atom. The number of imidazole rings is 1. The minimum absolute atomic E-state index is 0.156. The van der Waals surface area contributed by atoms with Crippen molar-refractivity contribution in [2.75, 3.05) is 0 Å². The van der Waals surface area contributed by atoms with E-state index in [1.807, 2.05) is 69.8 Å². The number of nitrogens with zero attached hydrogens (tertiary/aromatic N) is 4. The van der Waals surface area contributed by atoms with Crippen LogP contribution in [-0.2, 0) is 18.6 Å². The summed E-state index contributed by atoms with van der Waals surface area (Å²) in [7, 11) is 0. The minimum Gasteiger partial charge on any atom is -0.348 e. The number of amides is 1. The van der Waals surface area contributed by atoms with Crippen LogP contribution < -0.4 is 11.0 Å². The number of carbonyl (C=O) groups is 1. The molecule has 166 valence electrons. The third-order valence-corrected chi connectivity index (χ3v) is 5.47. The maximum absolute atomic E-state index is 12.8. The number of nitrogens with one attached hydrogen (secondary N) is 2. The van der Waals surface area contributed by atoms with Gasteiger partial charge in [-0.25, -0.2) is 9.78 Å². The summed E-state index contributed by atoms with van der Waals surface area (Å²) >= 11 is 0. The van der Waals surface area contributed by atoms with Gasteiger partial charge in [-0.15, -0.1) is 0 Å². The lowest BCUT2D eigenvalue weighted by Gasteiger charge is -2.19. The summed E-state index contributed by atoms with van der Waals surface area (Å²) in [5.74, 6) is -0.156. The first-order valence-corrected chi connectivity index (χ1v) is 10.7. The largest absolute Gasteiger partial charge is 0.348 e. The first kappa shape index (κ1) is 21.5. The van der Waals surface area contributed by atoms with Crippen LogP contribution in [0, 0.1) is 6.92 Å². The van der Waals surface area contributed by atoms with Crippen LogP contribution in [-0.4, -0.2) is 30.2 Å². The Balaban J connectivity index is 1.63. The molecule has 2 N–H and O–H groups in total. The lowest BCUT2D eigenvalue weighted by Crippen LogP contribution is -2.32. The number of H-pyrrole nitrogens is 1. The number of fused-ring (bicyclic) bond motifs is 1. The molecule has 3 heterocycles. The van der Waals surface area contributed by atoms with Crippen LogP contribution in [0.3, 0.4) is 0 Å². The zero-order chi connectivity index (χ0) is 23.0. The van der Waals surface area contributed by atoms with Gasteiger partial charge in [0, 0.05) is 47.7 Å². The number of aromatic amines is 1. The van der Waals surface area contributed by atoms with Crippen molar-refractivity contribution in [3.05, 3.63) is 70.0 Å². The number of hydrogen-bond donors (Lipinski definition) is 2. The third-order valence-electron chi connectivity index (χ3n) is 5.47. The normalized spacial score (nSPS) is 11.8. The van der Waals surface area contributed by atoms with Crippen molar-refractivity contribution in [2.24, 2.45) is 0 Å². The van der Waals surface area contributed by atoms with Gasteiger partial charge < -0.3 is 10.3 Å². The van der Waals surface area contributed by atoms with E-state index in [1.165, 1.54) is 0 Å². The van der Waals surface area contributed by atoms with Gasteiger partial charge in [-0.1, -0.05) is 6.07 Å². The van der Waals surface area contributed by atoms with E-state index in [1.54, 1.807) is 17.0 Å². The van der Waals surface area contributed by atoms with Crippen LogP contribution in [0.25, 0.3) is 22.3 Å². The van der Waals surface area contributed by atoms with Gasteiger partial charge in [0.25, 0.3) is 5.91 Å². The van der Waals surface area contributed by atoms with Gasteiger partial charge >= 0.3 is 5.69 Å². The molecule has 0 aliphatic rings. The molecule has 4 aromatic rings. The molecule has 8 heteroatoms. The molecule has 1 aromatic carbocycles. The number of hydrogen-bond acceptors (Lipinski definition) is 4. The van der Waals surface area contributed by atoms with Crippen LogP contribution in [0.1, 0.15) is 49.2 Å². The molecule has 0 aliphatic heterocycles. The minimum atomic E-state index is -0.384. The molecule has 8 nitrogen and oxygen atoms in total. The fraction of sp³-hybridized carbons (Fsp3) is 0.333. The number of carbonyl (C=O) groups excluding carboxylic acids is 1. The summed E-state index contributed by atoms with van der Waals surface area (Å²) in [5.41, 5.74) is 4.99. The molecule has 1 amide bonds. The van der Waals surface area contributed by atoms with Gasteiger partial charge in [-0.05, 0) is 63.9 Å². The van der Waals surface area contributed by atoms with E-state index in [0.717, 1.165) is 28.8 Å². The summed E-state index contributed by atoms with van der Waals surface area (Å²) < 4.78 is 3.48. The highest BCUT2D eigenvalue weighted by atomic mass is 16.2. The van der Waals surface area contributed by atoms with Gasteiger partial charge in [-0.3, -0.25) is 14.0 Å². The first-order valence-electron chi connectivity index (χ1n) is 10.7. The molecule has 0 saturated carbocycles. The highest BCUT2D eigenvalue weighted by molar-refractivity contribution is 5.96. The van der Waals surface area contributed by atoms with E-state index in [-0.39, 0.29) is 17.1 Å². The third kappa shape index (κ3) is 4.08. The van der Waals surface area contributed by atoms with Crippen LogP contribution in [0.2, 0.25) is 0 Å². The van der Waals surface area contributed by atoms with Crippen molar-refractivity contribution in [1.29, 1.82) is 0 Å². The fourth-order valence-electron chi connectivity index (χ4n) is 3.79. The Bertz CT molecular complexity index is 1350.